The summed E-state index contributed by atoms with van der Waals surface area (Å²) in [4.78, 5) is 92.8. The SMILES string of the molecule is CC(C)[C@@H](CC(=O)N[C@@H]1CCCC[C@H]1C(=O)N[C@H](CC(=O)N[C@@H](CCC(=O)O)CC(=O)O)Cc1c[nH]c2ccccc12)NC(=O)C[C@H](CO)NC(=O)[C@@H]1CCCC[C@H]1N. The third-order valence-corrected chi connectivity index (χ3v) is 11.6. The first-order chi connectivity index (χ1) is 28.1. The number of aromatic amines is 1. The van der Waals surface area contributed by atoms with Crippen molar-refractivity contribution < 1.29 is 48.9 Å². The van der Waals surface area contributed by atoms with Crippen LogP contribution in [-0.2, 0) is 40.0 Å². The van der Waals surface area contributed by atoms with E-state index >= 15 is 0 Å². The van der Waals surface area contributed by atoms with E-state index < -0.39 is 72.9 Å². The highest BCUT2D eigenvalue weighted by Gasteiger charge is 2.35. The molecule has 4 rings (SSSR count). The third kappa shape index (κ3) is 14.9. The summed E-state index contributed by atoms with van der Waals surface area (Å²) in [5.74, 6) is -5.39. The third-order valence-electron chi connectivity index (χ3n) is 11.6. The zero-order chi connectivity index (χ0) is 43.1. The zero-order valence-corrected chi connectivity index (χ0v) is 34.2. The van der Waals surface area contributed by atoms with Gasteiger partial charge in [0.2, 0.25) is 29.5 Å². The van der Waals surface area contributed by atoms with Gasteiger partial charge in [0.05, 0.1) is 30.9 Å². The van der Waals surface area contributed by atoms with Crippen molar-refractivity contribution in [3.63, 3.8) is 0 Å². The van der Waals surface area contributed by atoms with Crippen LogP contribution in [0.3, 0.4) is 0 Å². The van der Waals surface area contributed by atoms with Crippen molar-refractivity contribution in [2.75, 3.05) is 6.61 Å². The number of nitrogens with one attached hydrogen (secondary N) is 6. The number of aromatic nitrogens is 1. The molecule has 0 radical (unpaired) electrons. The van der Waals surface area contributed by atoms with Gasteiger partial charge in [-0.05, 0) is 56.1 Å². The maximum Gasteiger partial charge on any atom is 0.305 e. The average Bonchev–Trinajstić information content (AvgIpc) is 3.58. The van der Waals surface area contributed by atoms with Crippen molar-refractivity contribution in [2.24, 2.45) is 23.5 Å². The van der Waals surface area contributed by atoms with E-state index in [0.29, 0.717) is 19.3 Å². The van der Waals surface area contributed by atoms with Crippen LogP contribution in [-0.4, -0.2) is 105 Å². The highest BCUT2D eigenvalue weighted by atomic mass is 16.4. The molecule has 5 amide bonds. The number of amides is 5. The number of carbonyl (C=O) groups is 7. The first kappa shape index (κ1) is 46.7. The number of hydrogen-bond donors (Lipinski definition) is 10. The Kier molecular flexibility index (Phi) is 18.1. The second-order valence-corrected chi connectivity index (χ2v) is 16.6. The molecular weight excluding hydrogens is 763 g/mol. The fourth-order valence-corrected chi connectivity index (χ4v) is 8.27. The van der Waals surface area contributed by atoms with Gasteiger partial charge in [0, 0.05) is 73.0 Å². The van der Waals surface area contributed by atoms with E-state index in [0.717, 1.165) is 48.6 Å². The monoisotopic (exact) mass is 825 g/mol. The topological polar surface area (TPSA) is 282 Å². The molecule has 1 heterocycles. The van der Waals surface area contributed by atoms with Gasteiger partial charge in [-0.15, -0.1) is 0 Å². The number of aliphatic hydroxyl groups is 1. The van der Waals surface area contributed by atoms with Crippen LogP contribution in [0, 0.1) is 17.8 Å². The minimum atomic E-state index is -1.19. The summed E-state index contributed by atoms with van der Waals surface area (Å²) in [5, 5.41) is 43.7. The molecule has 2 aliphatic carbocycles. The maximum absolute atomic E-state index is 14.1. The molecule has 0 bridgehead atoms. The van der Waals surface area contributed by atoms with Gasteiger partial charge >= 0.3 is 11.9 Å². The van der Waals surface area contributed by atoms with Crippen molar-refractivity contribution in [3.8, 4) is 0 Å². The Morgan fingerprint density at radius 3 is 2.03 bits per heavy atom. The summed E-state index contributed by atoms with van der Waals surface area (Å²) < 4.78 is 0. The number of benzene rings is 1. The number of rotatable bonds is 22. The van der Waals surface area contributed by atoms with Gasteiger partial charge in [0.15, 0.2) is 0 Å². The highest BCUT2D eigenvalue weighted by molar-refractivity contribution is 5.86. The first-order valence-corrected chi connectivity index (χ1v) is 21.0. The molecule has 2 fully saturated rings. The van der Waals surface area contributed by atoms with Crippen LogP contribution in [0.25, 0.3) is 10.9 Å². The molecule has 1 aromatic carbocycles. The molecule has 0 unspecified atom stereocenters. The van der Waals surface area contributed by atoms with E-state index in [4.69, 9.17) is 10.8 Å². The number of H-pyrrole nitrogens is 1. The number of aliphatic carboxylic acids is 2. The molecule has 326 valence electrons. The molecule has 8 atom stereocenters. The maximum atomic E-state index is 14.1. The molecule has 2 aromatic rings. The van der Waals surface area contributed by atoms with Gasteiger partial charge in [-0.25, -0.2) is 0 Å². The Morgan fingerprint density at radius 2 is 1.36 bits per heavy atom. The van der Waals surface area contributed by atoms with Crippen LogP contribution in [0.2, 0.25) is 0 Å². The number of carbonyl (C=O) groups excluding carboxylic acids is 5. The largest absolute Gasteiger partial charge is 0.481 e. The molecule has 0 aliphatic heterocycles. The van der Waals surface area contributed by atoms with Crippen molar-refractivity contribution in [1.82, 2.24) is 31.6 Å². The second-order valence-electron chi connectivity index (χ2n) is 16.6. The molecule has 17 nitrogen and oxygen atoms in total. The van der Waals surface area contributed by atoms with Crippen LogP contribution in [0.1, 0.15) is 109 Å². The van der Waals surface area contributed by atoms with E-state index in [1.54, 1.807) is 0 Å². The number of carboxylic acid groups (broad SMARTS) is 2. The van der Waals surface area contributed by atoms with Gasteiger partial charge in [0.1, 0.15) is 0 Å². The Bertz CT molecular complexity index is 1770. The predicted molar refractivity (Wildman–Crippen MR) is 218 cm³/mol. The van der Waals surface area contributed by atoms with E-state index in [-0.39, 0.29) is 74.1 Å². The number of hydrogen-bond acceptors (Lipinski definition) is 9. The molecule has 2 saturated carbocycles. The Hall–Kier alpha value is -5.03. The van der Waals surface area contributed by atoms with Gasteiger partial charge in [-0.2, -0.15) is 0 Å². The molecule has 11 N–H and O–H groups in total. The van der Waals surface area contributed by atoms with Crippen molar-refractivity contribution >= 4 is 52.4 Å². The van der Waals surface area contributed by atoms with E-state index in [9.17, 15) is 43.8 Å². The van der Waals surface area contributed by atoms with Crippen LogP contribution in [0.4, 0.5) is 0 Å². The summed E-state index contributed by atoms with van der Waals surface area (Å²) >= 11 is 0. The van der Waals surface area contributed by atoms with Crippen molar-refractivity contribution in [2.45, 2.75) is 146 Å². The lowest BCUT2D eigenvalue weighted by Gasteiger charge is -2.33. The van der Waals surface area contributed by atoms with Crippen molar-refractivity contribution in [3.05, 3.63) is 36.0 Å². The highest BCUT2D eigenvalue weighted by Crippen LogP contribution is 2.27. The summed E-state index contributed by atoms with van der Waals surface area (Å²) in [6.45, 7) is 3.29. The summed E-state index contributed by atoms with van der Waals surface area (Å²) in [7, 11) is 0. The lowest BCUT2D eigenvalue weighted by atomic mass is 9.83. The van der Waals surface area contributed by atoms with Crippen LogP contribution in [0.15, 0.2) is 30.5 Å². The molecule has 1 aromatic heterocycles. The number of para-hydroxylation sites is 1. The summed E-state index contributed by atoms with van der Waals surface area (Å²) in [6, 6.07) is 3.79. The fraction of sp³-hybridized carbons (Fsp3) is 0.643. The van der Waals surface area contributed by atoms with Gasteiger partial charge in [-0.3, -0.25) is 33.6 Å². The molecule has 2 aliphatic rings. The first-order valence-electron chi connectivity index (χ1n) is 21.0. The number of nitrogens with two attached hydrogens (primary N) is 1. The Morgan fingerprint density at radius 1 is 0.729 bits per heavy atom. The molecule has 59 heavy (non-hydrogen) atoms. The van der Waals surface area contributed by atoms with Gasteiger partial charge in [-0.1, -0.05) is 57.7 Å². The Balaban J connectivity index is 1.39. The van der Waals surface area contributed by atoms with Gasteiger partial charge in [0.25, 0.3) is 0 Å². The fourth-order valence-electron chi connectivity index (χ4n) is 8.27. The van der Waals surface area contributed by atoms with Crippen LogP contribution in [0.5, 0.6) is 0 Å². The van der Waals surface area contributed by atoms with Crippen LogP contribution >= 0.6 is 0 Å². The van der Waals surface area contributed by atoms with Gasteiger partial charge < -0.3 is 52.6 Å². The predicted octanol–water partition coefficient (Wildman–Crippen LogP) is 2.00. The number of carboxylic acids is 2. The minimum absolute atomic E-state index is 0.0654. The normalized spacial score (nSPS) is 21.4. The molecule has 0 saturated heterocycles. The lowest BCUT2D eigenvalue weighted by molar-refractivity contribution is -0.140. The zero-order valence-electron chi connectivity index (χ0n) is 34.2. The standard InChI is InChI=1S/C42H63N7O10/c1-24(2)35(49-37(52)19-28(23-50)47-41(58)30-10-3-6-12-32(30)43)21-38(53)48-34-14-8-5-11-31(34)42(59)46-27(17-25-22-44-33-13-7-4-9-29(25)33)18-36(51)45-26(20-40(56)57)15-16-39(54)55/h4,7,9,13,22,24,26-28,30-32,34-35,44,50H,3,5-6,8,10-12,14-21,23,43H2,1-2H3,(H,45,51)(H,46,59)(H,47,58)(H,48,53)(H,49,52)(H,54,55)(H,56,57)/t26-,27-,28+,30+,31+,32+,34+,35+/m0/s1. The quantitative estimate of drug-likeness (QED) is 0.0820. The van der Waals surface area contributed by atoms with E-state index in [2.05, 4.69) is 31.6 Å². The Labute approximate surface area is 344 Å². The average molecular weight is 826 g/mol. The second kappa shape index (κ2) is 22.9. The molecule has 0 spiro atoms. The number of fused-ring (bicyclic) bond motifs is 1. The number of aliphatic hydroxyl groups excluding tert-OH is 1. The summed E-state index contributed by atoms with van der Waals surface area (Å²) in [5.41, 5.74) is 7.87. The van der Waals surface area contributed by atoms with Crippen LogP contribution < -0.4 is 32.3 Å². The summed E-state index contributed by atoms with van der Waals surface area (Å²) in [6.07, 6.45) is 6.57. The van der Waals surface area contributed by atoms with Crippen molar-refractivity contribution in [1.29, 1.82) is 0 Å². The molecular formula is C42H63N7O10. The smallest absolute Gasteiger partial charge is 0.305 e. The lowest BCUT2D eigenvalue weighted by Crippen LogP contribution is -2.53. The minimum Gasteiger partial charge on any atom is -0.481 e. The molecule has 17 heteroatoms. The van der Waals surface area contributed by atoms with E-state index in [1.807, 2.05) is 44.3 Å². The van der Waals surface area contributed by atoms with E-state index in [1.165, 1.54) is 0 Å².